The second-order valence-corrected chi connectivity index (χ2v) is 5.85. The third kappa shape index (κ3) is 6.09. The molecule has 1 heterocycles. The summed E-state index contributed by atoms with van der Waals surface area (Å²) in [5.74, 6) is -0.495. The zero-order valence-electron chi connectivity index (χ0n) is 13.9. The average molecular weight is 358 g/mol. The van der Waals surface area contributed by atoms with Crippen LogP contribution in [0.15, 0.2) is 24.3 Å². The van der Waals surface area contributed by atoms with Crippen LogP contribution < -0.4 is 10.6 Å². The molecule has 0 spiro atoms. The maximum atomic E-state index is 12.8. The fourth-order valence-corrected chi connectivity index (χ4v) is 2.72. The highest BCUT2D eigenvalue weighted by Crippen LogP contribution is 2.11. The van der Waals surface area contributed by atoms with Gasteiger partial charge >= 0.3 is 0 Å². The van der Waals surface area contributed by atoms with Crippen molar-refractivity contribution < 1.29 is 14.0 Å². The Morgan fingerprint density at radius 3 is 2.50 bits per heavy atom. The van der Waals surface area contributed by atoms with Gasteiger partial charge in [-0.2, -0.15) is 0 Å². The number of nitrogens with one attached hydrogen (secondary N) is 2. The van der Waals surface area contributed by atoms with Gasteiger partial charge in [-0.1, -0.05) is 0 Å². The Labute approximate surface area is 148 Å². The first-order valence-electron chi connectivity index (χ1n) is 8.08. The zero-order valence-corrected chi connectivity index (χ0v) is 14.7. The smallest absolute Gasteiger partial charge is 0.251 e. The molecule has 1 saturated heterocycles. The molecule has 1 aliphatic heterocycles. The average Bonchev–Trinajstić information content (AvgIpc) is 2.59. The number of hydrogen-bond acceptors (Lipinski definition) is 3. The molecule has 0 radical (unpaired) electrons. The molecule has 0 bridgehead atoms. The molecule has 0 saturated carbocycles. The number of carbonyl (C=O) groups is 2. The largest absolute Gasteiger partial charge is 0.352 e. The van der Waals surface area contributed by atoms with Crippen molar-refractivity contribution in [2.24, 2.45) is 0 Å². The lowest BCUT2D eigenvalue weighted by molar-refractivity contribution is -0.132. The standard InChI is InChI=1S/C17H24FN3O2.ClH/c1-21(15-8-11-19-12-9-15)16(22)3-2-10-20-17(23)13-4-6-14(18)7-5-13;/h4-7,15,19H,2-3,8-12H2,1H3,(H,20,23);1H. The van der Waals surface area contributed by atoms with Gasteiger partial charge in [-0.15, -0.1) is 12.4 Å². The third-order valence-electron chi connectivity index (χ3n) is 4.21. The van der Waals surface area contributed by atoms with Crippen LogP contribution in [0.5, 0.6) is 0 Å². The van der Waals surface area contributed by atoms with Crippen molar-refractivity contribution in [2.45, 2.75) is 31.7 Å². The molecule has 1 fully saturated rings. The lowest BCUT2D eigenvalue weighted by Gasteiger charge is -2.31. The van der Waals surface area contributed by atoms with Gasteiger partial charge in [0.2, 0.25) is 5.91 Å². The van der Waals surface area contributed by atoms with Crippen LogP contribution in [0.4, 0.5) is 4.39 Å². The van der Waals surface area contributed by atoms with Crippen molar-refractivity contribution in [2.75, 3.05) is 26.7 Å². The molecule has 2 N–H and O–H groups in total. The van der Waals surface area contributed by atoms with Crippen LogP contribution >= 0.6 is 12.4 Å². The first-order valence-corrected chi connectivity index (χ1v) is 8.08. The first-order chi connectivity index (χ1) is 11.1. The summed E-state index contributed by atoms with van der Waals surface area (Å²) in [4.78, 5) is 25.8. The highest BCUT2D eigenvalue weighted by Gasteiger charge is 2.21. The van der Waals surface area contributed by atoms with E-state index >= 15 is 0 Å². The second kappa shape index (κ2) is 10.3. The molecule has 1 aliphatic rings. The number of nitrogens with zero attached hydrogens (tertiary/aromatic N) is 1. The molecule has 7 heteroatoms. The van der Waals surface area contributed by atoms with Crippen LogP contribution in [0.3, 0.4) is 0 Å². The van der Waals surface area contributed by atoms with Gasteiger partial charge in [0.05, 0.1) is 0 Å². The van der Waals surface area contributed by atoms with Gasteiger partial charge in [-0.25, -0.2) is 4.39 Å². The lowest BCUT2D eigenvalue weighted by Crippen LogP contribution is -2.44. The molecule has 24 heavy (non-hydrogen) atoms. The quantitative estimate of drug-likeness (QED) is 0.765. The number of halogens is 2. The van der Waals surface area contributed by atoms with Crippen LogP contribution in [0.2, 0.25) is 0 Å². The van der Waals surface area contributed by atoms with Crippen LogP contribution in [0.1, 0.15) is 36.0 Å². The number of rotatable bonds is 6. The predicted molar refractivity (Wildman–Crippen MR) is 93.9 cm³/mol. The van der Waals surface area contributed by atoms with Crippen molar-refractivity contribution in [1.82, 2.24) is 15.5 Å². The summed E-state index contributed by atoms with van der Waals surface area (Å²) >= 11 is 0. The molecular formula is C17H25ClFN3O2. The highest BCUT2D eigenvalue weighted by molar-refractivity contribution is 5.94. The first kappa shape index (κ1) is 20.4. The Balaban J connectivity index is 0.00000288. The van der Waals surface area contributed by atoms with Gasteiger partial charge in [0, 0.05) is 31.6 Å². The van der Waals surface area contributed by atoms with Crippen LogP contribution in [0, 0.1) is 5.82 Å². The molecule has 0 aliphatic carbocycles. The maximum absolute atomic E-state index is 12.8. The van der Waals surface area contributed by atoms with E-state index in [9.17, 15) is 14.0 Å². The lowest BCUT2D eigenvalue weighted by atomic mass is 10.0. The van der Waals surface area contributed by atoms with E-state index in [1.165, 1.54) is 24.3 Å². The van der Waals surface area contributed by atoms with Crippen molar-refractivity contribution in [3.8, 4) is 0 Å². The van der Waals surface area contributed by atoms with Gasteiger partial charge in [0.1, 0.15) is 5.82 Å². The van der Waals surface area contributed by atoms with Gasteiger partial charge in [0.15, 0.2) is 0 Å². The molecule has 0 atom stereocenters. The van der Waals surface area contributed by atoms with Crippen molar-refractivity contribution in [3.05, 3.63) is 35.6 Å². The number of hydrogen-bond donors (Lipinski definition) is 2. The van der Waals surface area contributed by atoms with Gasteiger partial charge in [-0.3, -0.25) is 9.59 Å². The summed E-state index contributed by atoms with van der Waals surface area (Å²) in [6, 6.07) is 5.72. The van der Waals surface area contributed by atoms with Crippen LogP contribution in [-0.2, 0) is 4.79 Å². The minimum Gasteiger partial charge on any atom is -0.352 e. The highest BCUT2D eigenvalue weighted by atomic mass is 35.5. The molecule has 134 valence electrons. The molecular weight excluding hydrogens is 333 g/mol. The molecule has 5 nitrogen and oxygen atoms in total. The summed E-state index contributed by atoms with van der Waals surface area (Å²) in [6.45, 7) is 2.34. The normalized spacial score (nSPS) is 14.6. The van der Waals surface area contributed by atoms with Gasteiger partial charge in [0.25, 0.3) is 5.91 Å². The Morgan fingerprint density at radius 2 is 1.88 bits per heavy atom. The van der Waals surface area contributed by atoms with E-state index in [1.807, 2.05) is 11.9 Å². The fourth-order valence-electron chi connectivity index (χ4n) is 2.72. The Kier molecular flexibility index (Phi) is 8.71. The summed E-state index contributed by atoms with van der Waals surface area (Å²) in [5.41, 5.74) is 0.421. The molecule has 0 unspecified atom stereocenters. The SMILES string of the molecule is CN(C(=O)CCCNC(=O)c1ccc(F)cc1)C1CCNCC1.Cl. The monoisotopic (exact) mass is 357 g/mol. The second-order valence-electron chi connectivity index (χ2n) is 5.85. The Bertz CT molecular complexity index is 533. The summed E-state index contributed by atoms with van der Waals surface area (Å²) in [5, 5.41) is 6.03. The van der Waals surface area contributed by atoms with Crippen molar-refractivity contribution in [1.29, 1.82) is 0 Å². The number of amides is 2. The molecule has 1 aromatic rings. The minimum absolute atomic E-state index is 0. The molecule has 2 amide bonds. The molecule has 1 aromatic carbocycles. The molecule has 2 rings (SSSR count). The molecule has 0 aromatic heterocycles. The van der Waals surface area contributed by atoms with Gasteiger partial charge < -0.3 is 15.5 Å². The topological polar surface area (TPSA) is 61.4 Å². The van der Waals surface area contributed by atoms with E-state index in [-0.39, 0.29) is 30.0 Å². The van der Waals surface area contributed by atoms with Crippen molar-refractivity contribution >= 4 is 24.2 Å². The van der Waals surface area contributed by atoms with E-state index in [2.05, 4.69) is 10.6 Å². The summed E-state index contributed by atoms with van der Waals surface area (Å²) in [7, 11) is 1.86. The number of carbonyl (C=O) groups excluding carboxylic acids is 2. The Hall–Kier alpha value is -1.66. The van der Waals surface area contributed by atoms with Crippen LogP contribution in [-0.4, -0.2) is 49.4 Å². The zero-order chi connectivity index (χ0) is 16.7. The maximum Gasteiger partial charge on any atom is 0.251 e. The number of benzene rings is 1. The van der Waals surface area contributed by atoms with Crippen molar-refractivity contribution in [3.63, 3.8) is 0 Å². The predicted octanol–water partition coefficient (Wildman–Crippen LogP) is 1.97. The van der Waals surface area contributed by atoms with Gasteiger partial charge in [-0.05, 0) is 56.6 Å². The van der Waals surface area contributed by atoms with E-state index in [4.69, 9.17) is 0 Å². The fraction of sp³-hybridized carbons (Fsp3) is 0.529. The van der Waals surface area contributed by atoms with Crippen LogP contribution in [0.25, 0.3) is 0 Å². The Morgan fingerprint density at radius 1 is 1.25 bits per heavy atom. The van der Waals surface area contributed by atoms with E-state index in [0.29, 0.717) is 31.0 Å². The van der Waals surface area contributed by atoms with E-state index in [0.717, 1.165) is 25.9 Å². The summed E-state index contributed by atoms with van der Waals surface area (Å²) in [6.07, 6.45) is 3.00. The minimum atomic E-state index is -0.368. The van der Waals surface area contributed by atoms with E-state index in [1.54, 1.807) is 0 Å². The number of piperidine rings is 1. The summed E-state index contributed by atoms with van der Waals surface area (Å²) < 4.78 is 12.8. The van der Waals surface area contributed by atoms with E-state index < -0.39 is 0 Å². The third-order valence-corrected chi connectivity index (χ3v) is 4.21.